The summed E-state index contributed by atoms with van der Waals surface area (Å²) in [5.74, 6) is 0.238. The van der Waals surface area contributed by atoms with Gasteiger partial charge in [0.05, 0.1) is 5.69 Å². The maximum atomic E-state index is 9.59. The number of nitriles is 1. The number of rotatable bonds is 3. The van der Waals surface area contributed by atoms with Crippen molar-refractivity contribution in [2.75, 3.05) is 12.0 Å². The van der Waals surface area contributed by atoms with Crippen LogP contribution in [0, 0.1) is 18.3 Å². The molecule has 2 aromatic carbocycles. The molecule has 0 fully saturated rings. The van der Waals surface area contributed by atoms with Gasteiger partial charge in [-0.25, -0.2) is 4.98 Å². The zero-order chi connectivity index (χ0) is 18.0. The lowest BCUT2D eigenvalue weighted by atomic mass is 9.93. The molecule has 1 heterocycles. The van der Waals surface area contributed by atoms with Gasteiger partial charge in [0.15, 0.2) is 0 Å². The average molecular weight is 366 g/mol. The van der Waals surface area contributed by atoms with Crippen LogP contribution in [-0.4, -0.2) is 11.2 Å². The van der Waals surface area contributed by atoms with Gasteiger partial charge in [-0.3, -0.25) is 0 Å². The molecule has 3 rings (SSSR count). The second kappa shape index (κ2) is 7.18. The number of aromatic nitrogens is 1. The summed E-state index contributed by atoms with van der Waals surface area (Å²) in [7, 11) is 0. The molecular formula is C20H16ClN3S. The van der Waals surface area contributed by atoms with Gasteiger partial charge in [-0.1, -0.05) is 35.9 Å². The van der Waals surface area contributed by atoms with Gasteiger partial charge in [0.2, 0.25) is 0 Å². The summed E-state index contributed by atoms with van der Waals surface area (Å²) in [6.45, 7) is 1.97. The number of hydrogen-bond acceptors (Lipinski definition) is 4. The molecule has 0 saturated heterocycles. The molecular weight excluding hydrogens is 350 g/mol. The number of nitrogens with zero attached hydrogens (tertiary/aromatic N) is 2. The number of pyridine rings is 1. The predicted octanol–water partition coefficient (Wildman–Crippen LogP) is 5.55. The minimum absolute atomic E-state index is 0.238. The Morgan fingerprint density at radius 1 is 1.04 bits per heavy atom. The zero-order valence-electron chi connectivity index (χ0n) is 13.9. The maximum Gasteiger partial charge on any atom is 0.142 e. The monoisotopic (exact) mass is 365 g/mol. The van der Waals surface area contributed by atoms with Crippen LogP contribution in [0.15, 0.2) is 53.4 Å². The van der Waals surface area contributed by atoms with E-state index in [1.807, 2.05) is 61.7 Å². The molecule has 3 aromatic rings. The molecule has 2 N–H and O–H groups in total. The molecule has 0 saturated carbocycles. The first kappa shape index (κ1) is 17.3. The molecule has 1 aromatic heterocycles. The Kier molecular flexibility index (Phi) is 4.98. The van der Waals surface area contributed by atoms with E-state index in [4.69, 9.17) is 17.3 Å². The van der Waals surface area contributed by atoms with Crippen LogP contribution in [0.2, 0.25) is 5.02 Å². The zero-order valence-corrected chi connectivity index (χ0v) is 15.4. The molecule has 25 heavy (non-hydrogen) atoms. The van der Waals surface area contributed by atoms with E-state index < -0.39 is 0 Å². The minimum atomic E-state index is 0.238. The molecule has 5 heteroatoms. The van der Waals surface area contributed by atoms with E-state index in [9.17, 15) is 5.26 Å². The fourth-order valence-electron chi connectivity index (χ4n) is 2.81. The van der Waals surface area contributed by atoms with Gasteiger partial charge in [0.1, 0.15) is 17.5 Å². The average Bonchev–Trinajstić information content (AvgIpc) is 2.64. The summed E-state index contributed by atoms with van der Waals surface area (Å²) >= 11 is 7.66. The molecule has 124 valence electrons. The standard InChI is InChI=1S/C20H16ClN3S/c1-12-18(13-5-9-16(25-2)10-6-13)17(11-22)20(23)24-19(12)14-3-7-15(21)8-4-14/h3-10H,1-2H3,(H2,23,24). The van der Waals surface area contributed by atoms with Crippen molar-refractivity contribution in [1.29, 1.82) is 5.26 Å². The first-order valence-electron chi connectivity index (χ1n) is 7.65. The number of halogens is 1. The number of anilines is 1. The second-order valence-corrected chi connectivity index (χ2v) is 6.88. The van der Waals surface area contributed by atoms with Crippen molar-refractivity contribution >= 4 is 29.2 Å². The number of thioether (sulfide) groups is 1. The van der Waals surface area contributed by atoms with Crippen LogP contribution in [0.4, 0.5) is 5.82 Å². The van der Waals surface area contributed by atoms with Crippen LogP contribution in [-0.2, 0) is 0 Å². The van der Waals surface area contributed by atoms with Crippen LogP contribution in [0.5, 0.6) is 0 Å². The van der Waals surface area contributed by atoms with Crippen LogP contribution in [0.3, 0.4) is 0 Å². The highest BCUT2D eigenvalue weighted by Gasteiger charge is 2.18. The Morgan fingerprint density at radius 2 is 1.64 bits per heavy atom. The van der Waals surface area contributed by atoms with E-state index in [1.165, 1.54) is 4.90 Å². The third kappa shape index (κ3) is 3.34. The Morgan fingerprint density at radius 3 is 2.20 bits per heavy atom. The Labute approximate surface area is 156 Å². The van der Waals surface area contributed by atoms with Crippen molar-refractivity contribution in [3.63, 3.8) is 0 Å². The molecule has 0 aliphatic carbocycles. The maximum absolute atomic E-state index is 9.59. The highest BCUT2D eigenvalue weighted by atomic mass is 35.5. The predicted molar refractivity (Wildman–Crippen MR) is 106 cm³/mol. The fraction of sp³-hybridized carbons (Fsp3) is 0.100. The molecule has 0 unspecified atom stereocenters. The van der Waals surface area contributed by atoms with Gasteiger partial charge in [-0.15, -0.1) is 11.8 Å². The van der Waals surface area contributed by atoms with E-state index in [-0.39, 0.29) is 5.82 Å². The molecule has 0 amide bonds. The van der Waals surface area contributed by atoms with Gasteiger partial charge < -0.3 is 5.73 Å². The highest BCUT2D eigenvalue weighted by Crippen LogP contribution is 2.36. The third-order valence-corrected chi connectivity index (χ3v) is 5.07. The van der Waals surface area contributed by atoms with Gasteiger partial charge in [-0.2, -0.15) is 5.26 Å². The molecule has 3 nitrogen and oxygen atoms in total. The number of hydrogen-bond donors (Lipinski definition) is 1. The quantitative estimate of drug-likeness (QED) is 0.618. The van der Waals surface area contributed by atoms with Crippen LogP contribution >= 0.6 is 23.4 Å². The highest BCUT2D eigenvalue weighted by molar-refractivity contribution is 7.98. The van der Waals surface area contributed by atoms with Crippen molar-refractivity contribution < 1.29 is 0 Å². The van der Waals surface area contributed by atoms with Gasteiger partial charge in [0, 0.05) is 21.0 Å². The summed E-state index contributed by atoms with van der Waals surface area (Å²) in [5, 5.41) is 10.3. The summed E-state index contributed by atoms with van der Waals surface area (Å²) in [4.78, 5) is 5.64. The van der Waals surface area contributed by atoms with E-state index in [2.05, 4.69) is 11.1 Å². The molecule has 0 bridgehead atoms. The number of nitrogen functional groups attached to an aromatic ring is 1. The lowest BCUT2D eigenvalue weighted by Crippen LogP contribution is -2.03. The van der Waals surface area contributed by atoms with Crippen molar-refractivity contribution in [2.45, 2.75) is 11.8 Å². The topological polar surface area (TPSA) is 62.7 Å². The smallest absolute Gasteiger partial charge is 0.142 e. The van der Waals surface area contributed by atoms with E-state index in [0.717, 1.165) is 27.9 Å². The summed E-state index contributed by atoms with van der Waals surface area (Å²) < 4.78 is 0. The van der Waals surface area contributed by atoms with E-state index in [1.54, 1.807) is 11.8 Å². The molecule has 0 spiro atoms. The Bertz CT molecular complexity index is 958. The number of benzene rings is 2. The minimum Gasteiger partial charge on any atom is -0.383 e. The van der Waals surface area contributed by atoms with Gasteiger partial charge >= 0.3 is 0 Å². The SMILES string of the molecule is CSc1ccc(-c2c(C)c(-c3ccc(Cl)cc3)nc(N)c2C#N)cc1. The van der Waals surface area contributed by atoms with E-state index in [0.29, 0.717) is 10.6 Å². The summed E-state index contributed by atoms with van der Waals surface area (Å²) in [6.07, 6.45) is 2.03. The summed E-state index contributed by atoms with van der Waals surface area (Å²) in [6, 6.07) is 17.8. The van der Waals surface area contributed by atoms with Crippen molar-refractivity contribution in [3.8, 4) is 28.5 Å². The Balaban J connectivity index is 2.25. The van der Waals surface area contributed by atoms with Crippen molar-refractivity contribution in [3.05, 3.63) is 64.7 Å². The second-order valence-electron chi connectivity index (χ2n) is 5.57. The fourth-order valence-corrected chi connectivity index (χ4v) is 3.35. The number of nitrogens with two attached hydrogens (primary N) is 1. The molecule has 0 radical (unpaired) electrons. The first-order valence-corrected chi connectivity index (χ1v) is 9.26. The van der Waals surface area contributed by atoms with Crippen LogP contribution < -0.4 is 5.73 Å². The molecule has 0 aliphatic heterocycles. The Hall–Kier alpha value is -2.48. The molecule has 0 atom stereocenters. The normalized spacial score (nSPS) is 10.5. The summed E-state index contributed by atoms with van der Waals surface area (Å²) in [5.41, 5.74) is 10.9. The van der Waals surface area contributed by atoms with E-state index >= 15 is 0 Å². The third-order valence-electron chi connectivity index (χ3n) is 4.08. The van der Waals surface area contributed by atoms with Crippen molar-refractivity contribution in [1.82, 2.24) is 4.98 Å². The largest absolute Gasteiger partial charge is 0.383 e. The van der Waals surface area contributed by atoms with Crippen molar-refractivity contribution in [2.24, 2.45) is 0 Å². The first-order chi connectivity index (χ1) is 12.0. The van der Waals surface area contributed by atoms with Crippen LogP contribution in [0.25, 0.3) is 22.4 Å². The van der Waals surface area contributed by atoms with Gasteiger partial charge in [0.25, 0.3) is 0 Å². The lowest BCUT2D eigenvalue weighted by molar-refractivity contribution is 1.26. The lowest BCUT2D eigenvalue weighted by Gasteiger charge is -2.15. The van der Waals surface area contributed by atoms with Gasteiger partial charge in [-0.05, 0) is 48.6 Å². The molecule has 0 aliphatic rings. The van der Waals surface area contributed by atoms with Crippen LogP contribution in [0.1, 0.15) is 11.1 Å².